The molecule has 1 unspecified atom stereocenters. The van der Waals surface area contributed by atoms with Crippen LogP contribution in [0.15, 0.2) is 74.5 Å². The number of hydrogen-bond acceptors (Lipinski definition) is 6. The van der Waals surface area contributed by atoms with Gasteiger partial charge in [0.25, 0.3) is 5.56 Å². The first-order chi connectivity index (χ1) is 14.9. The molecule has 0 saturated heterocycles. The smallest absolute Gasteiger partial charge is 0.338 e. The summed E-state index contributed by atoms with van der Waals surface area (Å²) in [5.74, 6) is -0.862. The van der Waals surface area contributed by atoms with Crippen molar-refractivity contribution >= 4 is 35.1 Å². The van der Waals surface area contributed by atoms with Crippen LogP contribution in [0.3, 0.4) is 0 Å². The number of aromatic nitrogens is 1. The normalized spacial score (nSPS) is 16.1. The first-order valence-corrected chi connectivity index (χ1v) is 11.5. The fourth-order valence-corrected chi connectivity index (χ4v) is 4.96. The zero-order valence-electron chi connectivity index (χ0n) is 17.1. The number of allylic oxidation sites excluding steroid dienone is 1. The quantitative estimate of drug-likeness (QED) is 0.449. The number of esters is 1. The van der Waals surface area contributed by atoms with Crippen molar-refractivity contribution in [1.82, 2.24) is 4.57 Å². The Bertz CT molecular complexity index is 1350. The van der Waals surface area contributed by atoms with Gasteiger partial charge in [0.15, 0.2) is 4.80 Å². The summed E-state index contributed by atoms with van der Waals surface area (Å²) in [4.78, 5) is 32.1. The predicted molar refractivity (Wildman–Crippen MR) is 120 cm³/mol. The largest absolute Gasteiger partial charge is 0.466 e. The molecule has 4 rings (SSSR count). The molecule has 0 spiro atoms. The number of nitrogens with zero attached hydrogens (tertiary/aromatic N) is 2. The van der Waals surface area contributed by atoms with Gasteiger partial charge in [0.1, 0.15) is 5.82 Å². The molecule has 5 nitrogen and oxygen atoms in total. The Morgan fingerprint density at radius 2 is 1.87 bits per heavy atom. The summed E-state index contributed by atoms with van der Waals surface area (Å²) >= 11 is 2.85. The van der Waals surface area contributed by atoms with Gasteiger partial charge in [-0.25, -0.2) is 14.2 Å². The second-order valence-electron chi connectivity index (χ2n) is 6.90. The molecule has 1 aromatic heterocycles. The molecule has 1 aliphatic heterocycles. The third-order valence-electron chi connectivity index (χ3n) is 5.03. The molecule has 0 radical (unpaired) electrons. The maximum Gasteiger partial charge on any atom is 0.338 e. The summed E-state index contributed by atoms with van der Waals surface area (Å²) in [6.07, 6.45) is 3.69. The van der Waals surface area contributed by atoms with Gasteiger partial charge in [-0.1, -0.05) is 35.6 Å². The zero-order chi connectivity index (χ0) is 22.1. The number of carbonyl (C=O) groups is 1. The van der Waals surface area contributed by atoms with Crippen LogP contribution >= 0.6 is 23.1 Å². The maximum absolute atomic E-state index is 13.4. The lowest BCUT2D eigenvalue weighted by Gasteiger charge is -2.24. The summed E-state index contributed by atoms with van der Waals surface area (Å²) in [6.45, 7) is 1.74. The molecule has 158 valence electrons. The average molecular weight is 455 g/mol. The van der Waals surface area contributed by atoms with Crippen LogP contribution in [-0.2, 0) is 9.53 Å². The molecule has 0 amide bonds. The van der Waals surface area contributed by atoms with Gasteiger partial charge >= 0.3 is 5.97 Å². The number of benzene rings is 2. The van der Waals surface area contributed by atoms with Crippen LogP contribution in [0.5, 0.6) is 0 Å². The van der Waals surface area contributed by atoms with Crippen LogP contribution < -0.4 is 14.9 Å². The Labute approximate surface area is 186 Å². The summed E-state index contributed by atoms with van der Waals surface area (Å²) in [6, 6.07) is 13.0. The second kappa shape index (κ2) is 8.64. The summed E-state index contributed by atoms with van der Waals surface area (Å²) in [5, 5.41) is 0. The summed E-state index contributed by atoms with van der Waals surface area (Å²) in [5.41, 5.74) is 2.08. The molecule has 2 aromatic carbocycles. The van der Waals surface area contributed by atoms with Gasteiger partial charge in [0.2, 0.25) is 0 Å². The first kappa shape index (κ1) is 21.3. The van der Waals surface area contributed by atoms with Gasteiger partial charge < -0.3 is 4.74 Å². The van der Waals surface area contributed by atoms with E-state index >= 15 is 0 Å². The summed E-state index contributed by atoms with van der Waals surface area (Å²) in [7, 11) is 1.32. The maximum atomic E-state index is 13.4. The third kappa shape index (κ3) is 4.00. The van der Waals surface area contributed by atoms with E-state index in [1.807, 2.05) is 30.5 Å². The molecular weight excluding hydrogens is 435 g/mol. The highest BCUT2D eigenvalue weighted by atomic mass is 32.2. The summed E-state index contributed by atoms with van der Waals surface area (Å²) < 4.78 is 20.2. The highest BCUT2D eigenvalue weighted by molar-refractivity contribution is 7.98. The van der Waals surface area contributed by atoms with E-state index in [0.29, 0.717) is 26.2 Å². The monoisotopic (exact) mass is 454 g/mol. The number of thiazole rings is 1. The molecule has 8 heteroatoms. The SMILES string of the molecule is COC(=O)C1=C(C)N=c2s/c(=C/c3ccc(F)cc3)c(=O)n2C1c1ccc(SC)cc1. The molecule has 0 fully saturated rings. The van der Waals surface area contributed by atoms with E-state index < -0.39 is 12.0 Å². The molecule has 2 heterocycles. The van der Waals surface area contributed by atoms with E-state index in [0.717, 1.165) is 10.5 Å². The highest BCUT2D eigenvalue weighted by Crippen LogP contribution is 2.31. The van der Waals surface area contributed by atoms with E-state index in [9.17, 15) is 14.0 Å². The minimum atomic E-state index is -0.644. The van der Waals surface area contributed by atoms with Crippen molar-refractivity contribution < 1.29 is 13.9 Å². The van der Waals surface area contributed by atoms with Gasteiger partial charge in [-0.2, -0.15) is 0 Å². The van der Waals surface area contributed by atoms with E-state index in [2.05, 4.69) is 4.99 Å². The lowest BCUT2D eigenvalue weighted by atomic mass is 9.96. The number of hydrogen-bond donors (Lipinski definition) is 0. The Kier molecular flexibility index (Phi) is 5.93. The average Bonchev–Trinajstić information content (AvgIpc) is 3.08. The van der Waals surface area contributed by atoms with Crippen LogP contribution in [0.4, 0.5) is 4.39 Å². The lowest BCUT2D eigenvalue weighted by molar-refractivity contribution is -0.136. The number of carbonyl (C=O) groups excluding carboxylic acids is 1. The van der Waals surface area contributed by atoms with Gasteiger partial charge in [-0.05, 0) is 54.6 Å². The van der Waals surface area contributed by atoms with E-state index in [1.165, 1.54) is 35.1 Å². The van der Waals surface area contributed by atoms with Gasteiger partial charge in [0.05, 0.1) is 29.0 Å². The van der Waals surface area contributed by atoms with Gasteiger partial charge in [-0.3, -0.25) is 9.36 Å². The third-order valence-corrected chi connectivity index (χ3v) is 6.75. The molecule has 0 N–H and O–H groups in total. The molecule has 1 atom stereocenters. The van der Waals surface area contributed by atoms with Crippen LogP contribution in [0, 0.1) is 5.82 Å². The number of thioether (sulfide) groups is 1. The predicted octanol–water partition coefficient (Wildman–Crippen LogP) is 3.27. The molecule has 1 aliphatic rings. The molecule has 0 bridgehead atoms. The first-order valence-electron chi connectivity index (χ1n) is 9.43. The standard InChI is InChI=1S/C23H19FN2O3S2/c1-13-19(22(28)29-2)20(15-6-10-17(30-3)11-7-15)26-21(27)18(31-23(26)25-13)12-14-4-8-16(24)9-5-14/h4-12,20H,1-3H3/b18-12+. The van der Waals surface area contributed by atoms with E-state index in [1.54, 1.807) is 36.9 Å². The Morgan fingerprint density at radius 1 is 1.19 bits per heavy atom. The Hall–Kier alpha value is -2.97. The molecular formula is C23H19FN2O3S2. The van der Waals surface area contributed by atoms with Crippen molar-refractivity contribution in [3.05, 3.63) is 96.4 Å². The van der Waals surface area contributed by atoms with Gasteiger partial charge in [0, 0.05) is 4.90 Å². The minimum absolute atomic E-state index is 0.263. The number of methoxy groups -OCH3 is 1. The van der Waals surface area contributed by atoms with Crippen LogP contribution in [0.2, 0.25) is 0 Å². The van der Waals surface area contributed by atoms with E-state index in [4.69, 9.17) is 4.74 Å². The van der Waals surface area contributed by atoms with Crippen molar-refractivity contribution in [3.63, 3.8) is 0 Å². The van der Waals surface area contributed by atoms with E-state index in [-0.39, 0.29) is 11.4 Å². The molecule has 31 heavy (non-hydrogen) atoms. The molecule has 0 saturated carbocycles. The number of fused-ring (bicyclic) bond motifs is 1. The topological polar surface area (TPSA) is 60.7 Å². The van der Waals surface area contributed by atoms with Gasteiger partial charge in [-0.15, -0.1) is 11.8 Å². The number of ether oxygens (including phenoxy) is 1. The molecule has 3 aromatic rings. The Balaban J connectivity index is 1.94. The zero-order valence-corrected chi connectivity index (χ0v) is 18.7. The Morgan fingerprint density at radius 3 is 2.48 bits per heavy atom. The minimum Gasteiger partial charge on any atom is -0.466 e. The fraction of sp³-hybridized carbons (Fsp3) is 0.174. The van der Waals surface area contributed by atoms with Crippen molar-refractivity contribution in [3.8, 4) is 0 Å². The molecule has 0 aliphatic carbocycles. The van der Waals surface area contributed by atoms with Crippen molar-refractivity contribution in [1.29, 1.82) is 0 Å². The van der Waals surface area contributed by atoms with Crippen LogP contribution in [0.1, 0.15) is 24.1 Å². The van der Waals surface area contributed by atoms with Crippen molar-refractivity contribution in [2.24, 2.45) is 4.99 Å². The lowest BCUT2D eigenvalue weighted by Crippen LogP contribution is -2.39. The highest BCUT2D eigenvalue weighted by Gasteiger charge is 2.33. The fourth-order valence-electron chi connectivity index (χ4n) is 3.50. The van der Waals surface area contributed by atoms with Crippen LogP contribution in [-0.4, -0.2) is 23.9 Å². The van der Waals surface area contributed by atoms with Crippen molar-refractivity contribution in [2.75, 3.05) is 13.4 Å². The number of halogens is 1. The van der Waals surface area contributed by atoms with Crippen LogP contribution in [0.25, 0.3) is 6.08 Å². The second-order valence-corrected chi connectivity index (χ2v) is 8.79. The van der Waals surface area contributed by atoms with Crippen molar-refractivity contribution in [2.45, 2.75) is 17.9 Å². The number of rotatable bonds is 4.